The molecule has 1 N–H and O–H groups in total. The molecule has 1 aromatic heterocycles. The van der Waals surface area contributed by atoms with Crippen molar-refractivity contribution in [1.29, 1.82) is 0 Å². The monoisotopic (exact) mass is 250 g/mol. The Morgan fingerprint density at radius 3 is 2.78 bits per heavy atom. The average Bonchev–Trinajstić information content (AvgIpc) is 3.20. The van der Waals surface area contributed by atoms with Crippen LogP contribution in [0.4, 0.5) is 11.5 Å². The molecule has 7 heteroatoms. The molecule has 0 bridgehead atoms. The van der Waals surface area contributed by atoms with Crippen LogP contribution < -0.4 is 5.32 Å². The third-order valence-electron chi connectivity index (χ3n) is 2.99. The predicted molar refractivity (Wildman–Crippen MR) is 65.6 cm³/mol. The smallest absolute Gasteiger partial charge is 0.364 e. The maximum atomic E-state index is 12.2. The molecular formula is C11H14N4O3. The number of carbonyl (C=O) groups is 1. The molecule has 7 nitrogen and oxygen atoms in total. The molecule has 1 heterocycles. The summed E-state index contributed by atoms with van der Waals surface area (Å²) in [6.07, 6.45) is 3.29. The van der Waals surface area contributed by atoms with Crippen LogP contribution in [0.25, 0.3) is 0 Å². The van der Waals surface area contributed by atoms with Gasteiger partial charge in [0.2, 0.25) is 0 Å². The lowest BCUT2D eigenvalue weighted by Crippen LogP contribution is -2.29. The summed E-state index contributed by atoms with van der Waals surface area (Å²) in [5.41, 5.74) is 0.784. The van der Waals surface area contributed by atoms with E-state index >= 15 is 0 Å². The number of nitrogens with zero attached hydrogens (tertiary/aromatic N) is 3. The van der Waals surface area contributed by atoms with Crippen LogP contribution in [0.2, 0.25) is 0 Å². The Morgan fingerprint density at radius 2 is 2.28 bits per heavy atom. The van der Waals surface area contributed by atoms with Crippen molar-refractivity contribution in [2.24, 2.45) is 0 Å². The lowest BCUT2D eigenvalue weighted by molar-refractivity contribution is -0.389. The van der Waals surface area contributed by atoms with Crippen LogP contribution in [0.3, 0.4) is 0 Å². The first-order valence-corrected chi connectivity index (χ1v) is 5.64. The molecule has 2 rings (SSSR count). The van der Waals surface area contributed by atoms with Gasteiger partial charge >= 0.3 is 5.82 Å². The fraction of sp³-hybridized carbons (Fsp3) is 0.455. The number of amides is 1. The summed E-state index contributed by atoms with van der Waals surface area (Å²) in [5.74, 6) is -0.533. The molecule has 1 fully saturated rings. The number of pyridine rings is 1. The molecule has 0 aromatic carbocycles. The van der Waals surface area contributed by atoms with E-state index in [0.717, 1.165) is 12.8 Å². The van der Waals surface area contributed by atoms with Gasteiger partial charge in [0, 0.05) is 20.1 Å². The molecule has 1 aromatic rings. The van der Waals surface area contributed by atoms with Crippen molar-refractivity contribution in [3.63, 3.8) is 0 Å². The SMILES string of the molecule is CNc1cnc([N+](=O)[O-])cc1C(=O)N(C)C1CC1. The van der Waals surface area contributed by atoms with E-state index in [-0.39, 0.29) is 23.3 Å². The molecule has 0 unspecified atom stereocenters. The number of aromatic nitrogens is 1. The number of carbonyl (C=O) groups excluding carboxylic acids is 1. The summed E-state index contributed by atoms with van der Waals surface area (Å²) in [4.78, 5) is 27.6. The first kappa shape index (κ1) is 12.3. The third-order valence-corrected chi connectivity index (χ3v) is 2.99. The average molecular weight is 250 g/mol. The van der Waals surface area contributed by atoms with Crippen molar-refractivity contribution in [2.45, 2.75) is 18.9 Å². The van der Waals surface area contributed by atoms with E-state index < -0.39 is 4.92 Å². The molecular weight excluding hydrogens is 236 g/mol. The van der Waals surface area contributed by atoms with Gasteiger partial charge in [-0.05, 0) is 22.7 Å². The van der Waals surface area contributed by atoms with Crippen LogP contribution in [0.1, 0.15) is 23.2 Å². The Kier molecular flexibility index (Phi) is 3.14. The molecule has 18 heavy (non-hydrogen) atoms. The van der Waals surface area contributed by atoms with Gasteiger partial charge in [0.1, 0.15) is 0 Å². The second kappa shape index (κ2) is 4.59. The quantitative estimate of drug-likeness (QED) is 0.642. The number of rotatable bonds is 4. The Morgan fingerprint density at radius 1 is 1.61 bits per heavy atom. The third kappa shape index (κ3) is 2.24. The molecule has 1 saturated carbocycles. The predicted octanol–water partition coefficient (Wildman–Crippen LogP) is 1.27. The van der Waals surface area contributed by atoms with E-state index in [4.69, 9.17) is 0 Å². The largest absolute Gasteiger partial charge is 0.384 e. The number of nitrogens with one attached hydrogen (secondary N) is 1. The molecule has 0 atom stereocenters. The molecule has 0 spiro atoms. The number of anilines is 1. The van der Waals surface area contributed by atoms with Gasteiger partial charge in [-0.25, -0.2) is 0 Å². The lowest BCUT2D eigenvalue weighted by Gasteiger charge is -2.17. The zero-order valence-electron chi connectivity index (χ0n) is 10.2. The highest BCUT2D eigenvalue weighted by Crippen LogP contribution is 2.28. The summed E-state index contributed by atoms with van der Waals surface area (Å²) < 4.78 is 0. The van der Waals surface area contributed by atoms with Crippen LogP contribution in [0.15, 0.2) is 12.3 Å². The van der Waals surface area contributed by atoms with Gasteiger partial charge < -0.3 is 20.3 Å². The fourth-order valence-corrected chi connectivity index (χ4v) is 1.74. The van der Waals surface area contributed by atoms with E-state index in [9.17, 15) is 14.9 Å². The van der Waals surface area contributed by atoms with Crippen LogP contribution in [-0.2, 0) is 0 Å². The Bertz CT molecular complexity index is 499. The van der Waals surface area contributed by atoms with Crippen LogP contribution in [-0.4, -0.2) is 40.9 Å². The summed E-state index contributed by atoms with van der Waals surface area (Å²) in [6, 6.07) is 1.47. The van der Waals surface area contributed by atoms with Crippen molar-refractivity contribution in [1.82, 2.24) is 9.88 Å². The van der Waals surface area contributed by atoms with Crippen LogP contribution in [0, 0.1) is 10.1 Å². The van der Waals surface area contributed by atoms with E-state index in [0.29, 0.717) is 5.69 Å². The summed E-state index contributed by atoms with van der Waals surface area (Å²) >= 11 is 0. The van der Waals surface area contributed by atoms with E-state index in [1.807, 2.05) is 0 Å². The highest BCUT2D eigenvalue weighted by atomic mass is 16.6. The van der Waals surface area contributed by atoms with Crippen molar-refractivity contribution >= 4 is 17.4 Å². The molecule has 1 aliphatic rings. The lowest BCUT2D eigenvalue weighted by atomic mass is 10.2. The number of nitro groups is 1. The topological polar surface area (TPSA) is 88.4 Å². The van der Waals surface area contributed by atoms with Crippen molar-refractivity contribution < 1.29 is 9.72 Å². The Hall–Kier alpha value is -2.18. The number of hydrogen-bond acceptors (Lipinski definition) is 5. The van der Waals surface area contributed by atoms with Gasteiger partial charge in [-0.1, -0.05) is 0 Å². The van der Waals surface area contributed by atoms with Gasteiger partial charge in [-0.15, -0.1) is 0 Å². The molecule has 1 aliphatic carbocycles. The van der Waals surface area contributed by atoms with E-state index in [2.05, 4.69) is 10.3 Å². The summed E-state index contributed by atoms with van der Waals surface area (Å²) in [7, 11) is 3.36. The summed E-state index contributed by atoms with van der Waals surface area (Å²) in [5, 5.41) is 13.5. The number of hydrogen-bond donors (Lipinski definition) is 1. The van der Waals surface area contributed by atoms with Crippen LogP contribution >= 0.6 is 0 Å². The van der Waals surface area contributed by atoms with Crippen molar-refractivity contribution in [2.75, 3.05) is 19.4 Å². The first-order valence-electron chi connectivity index (χ1n) is 5.64. The maximum Gasteiger partial charge on any atom is 0.364 e. The highest BCUT2D eigenvalue weighted by molar-refractivity contribution is 6.00. The van der Waals surface area contributed by atoms with E-state index in [1.54, 1.807) is 19.0 Å². The Labute approximate surface area is 104 Å². The van der Waals surface area contributed by atoms with Crippen LogP contribution in [0.5, 0.6) is 0 Å². The zero-order valence-corrected chi connectivity index (χ0v) is 10.2. The summed E-state index contributed by atoms with van der Waals surface area (Å²) in [6.45, 7) is 0. The van der Waals surface area contributed by atoms with Gasteiger partial charge in [-0.3, -0.25) is 4.79 Å². The van der Waals surface area contributed by atoms with E-state index in [1.165, 1.54) is 12.3 Å². The molecule has 1 amide bonds. The minimum Gasteiger partial charge on any atom is -0.384 e. The minimum atomic E-state index is -0.604. The zero-order chi connectivity index (χ0) is 13.3. The minimum absolute atomic E-state index is 0.215. The van der Waals surface area contributed by atoms with Gasteiger partial charge in [-0.2, -0.15) is 0 Å². The maximum absolute atomic E-state index is 12.2. The molecule has 96 valence electrons. The highest BCUT2D eigenvalue weighted by Gasteiger charge is 2.32. The van der Waals surface area contributed by atoms with Gasteiger partial charge in [0.25, 0.3) is 5.91 Å². The molecule has 0 aliphatic heterocycles. The molecule has 0 radical (unpaired) electrons. The Balaban J connectivity index is 2.36. The van der Waals surface area contributed by atoms with Crippen molar-refractivity contribution in [3.8, 4) is 0 Å². The first-order chi connectivity index (χ1) is 8.54. The van der Waals surface area contributed by atoms with Gasteiger partial charge in [0.05, 0.1) is 17.3 Å². The fourth-order valence-electron chi connectivity index (χ4n) is 1.74. The van der Waals surface area contributed by atoms with Crippen molar-refractivity contribution in [3.05, 3.63) is 27.9 Å². The second-order valence-corrected chi connectivity index (χ2v) is 4.24. The van der Waals surface area contributed by atoms with Gasteiger partial charge in [0.15, 0.2) is 6.20 Å². The normalized spacial score (nSPS) is 14.1. The standard InChI is InChI=1S/C11H14N4O3/c1-12-9-6-13-10(15(17)18)5-8(9)11(16)14(2)7-3-4-7/h5-7,12H,3-4H2,1-2H3. The second-order valence-electron chi connectivity index (χ2n) is 4.24. The molecule has 0 saturated heterocycles.